The highest BCUT2D eigenvalue weighted by molar-refractivity contribution is 9.10. The van der Waals surface area contributed by atoms with Gasteiger partial charge in [-0.15, -0.1) is 16.4 Å². The van der Waals surface area contributed by atoms with Crippen molar-refractivity contribution in [3.8, 4) is 5.75 Å². The van der Waals surface area contributed by atoms with Crippen molar-refractivity contribution in [3.63, 3.8) is 0 Å². The maximum atomic E-state index is 12.1. The highest BCUT2D eigenvalue weighted by Crippen LogP contribution is 2.39. The molecule has 0 saturated heterocycles. The maximum absolute atomic E-state index is 12.1. The molecule has 1 amide bonds. The number of hydrogen-bond acceptors (Lipinski definition) is 5. The van der Waals surface area contributed by atoms with Crippen molar-refractivity contribution in [2.75, 3.05) is 12.4 Å². The molecule has 2 aromatic rings. The average molecular weight is 331 g/mol. The second-order valence-corrected chi connectivity index (χ2v) is 5.55. The lowest BCUT2D eigenvalue weighted by molar-refractivity contribution is 0.102. The summed E-state index contributed by atoms with van der Waals surface area (Å²) in [5.41, 5.74) is 0. The number of thiophene rings is 1. The highest BCUT2D eigenvalue weighted by Gasteiger charge is 2.21. The van der Waals surface area contributed by atoms with Crippen LogP contribution in [-0.2, 0) is 0 Å². The number of aromatic amines is 1. The molecule has 8 heteroatoms. The first kappa shape index (κ1) is 13.0. The van der Waals surface area contributed by atoms with Gasteiger partial charge in [-0.1, -0.05) is 0 Å². The first-order valence-electron chi connectivity index (χ1n) is 5.06. The van der Waals surface area contributed by atoms with Crippen LogP contribution in [0.5, 0.6) is 5.75 Å². The van der Waals surface area contributed by atoms with Crippen LogP contribution in [0.1, 0.15) is 20.4 Å². The number of nitrogens with zero attached hydrogens (tertiary/aromatic N) is 2. The number of carbonyl (C=O) groups is 1. The van der Waals surface area contributed by atoms with E-state index >= 15 is 0 Å². The van der Waals surface area contributed by atoms with Gasteiger partial charge in [-0.3, -0.25) is 15.2 Å². The predicted octanol–water partition coefficient (Wildman–Crippen LogP) is 2.51. The molecule has 18 heavy (non-hydrogen) atoms. The Morgan fingerprint density at radius 1 is 1.50 bits per heavy atom. The lowest BCUT2D eigenvalue weighted by Crippen LogP contribution is -2.12. The standard InChI is InChI=1S/C10H11BrN4O2S/c1-4-6(11)7(17-3)8(18-4)9(16)13-10-12-5(2)14-15-10/h1-3H3,(H2,12,13,14,15,16). The van der Waals surface area contributed by atoms with Gasteiger partial charge in [-0.2, -0.15) is 4.98 Å². The molecule has 2 rings (SSSR count). The van der Waals surface area contributed by atoms with E-state index in [0.29, 0.717) is 16.5 Å². The molecule has 0 fully saturated rings. The summed E-state index contributed by atoms with van der Waals surface area (Å²) in [7, 11) is 1.53. The Morgan fingerprint density at radius 3 is 2.78 bits per heavy atom. The quantitative estimate of drug-likeness (QED) is 0.906. The zero-order valence-corrected chi connectivity index (χ0v) is 12.4. The van der Waals surface area contributed by atoms with Crippen LogP contribution < -0.4 is 10.1 Å². The molecule has 0 aliphatic rings. The van der Waals surface area contributed by atoms with Gasteiger partial charge in [-0.05, 0) is 29.8 Å². The van der Waals surface area contributed by atoms with Gasteiger partial charge in [0.25, 0.3) is 5.91 Å². The summed E-state index contributed by atoms with van der Waals surface area (Å²) in [4.78, 5) is 17.6. The van der Waals surface area contributed by atoms with Crippen molar-refractivity contribution in [2.24, 2.45) is 0 Å². The lowest BCUT2D eigenvalue weighted by atomic mass is 10.4. The molecule has 0 bridgehead atoms. The van der Waals surface area contributed by atoms with Crippen molar-refractivity contribution in [2.45, 2.75) is 13.8 Å². The fraction of sp³-hybridized carbons (Fsp3) is 0.300. The average Bonchev–Trinajstić information content (AvgIpc) is 2.85. The summed E-state index contributed by atoms with van der Waals surface area (Å²) in [5.74, 6) is 1.13. The van der Waals surface area contributed by atoms with Gasteiger partial charge in [0.15, 0.2) is 5.75 Å². The van der Waals surface area contributed by atoms with Gasteiger partial charge in [0.2, 0.25) is 5.95 Å². The second-order valence-electron chi connectivity index (χ2n) is 3.53. The van der Waals surface area contributed by atoms with Gasteiger partial charge in [0, 0.05) is 4.88 Å². The Labute approximate surface area is 116 Å². The normalized spacial score (nSPS) is 10.4. The number of halogens is 1. The largest absolute Gasteiger partial charge is 0.494 e. The van der Waals surface area contributed by atoms with Crippen LogP contribution in [0.15, 0.2) is 4.47 Å². The predicted molar refractivity (Wildman–Crippen MR) is 72.4 cm³/mol. The molecule has 2 aromatic heterocycles. The van der Waals surface area contributed by atoms with Crippen molar-refractivity contribution in [3.05, 3.63) is 20.1 Å². The van der Waals surface area contributed by atoms with Crippen molar-refractivity contribution >= 4 is 39.1 Å². The van der Waals surface area contributed by atoms with Crippen LogP contribution in [0.4, 0.5) is 5.95 Å². The topological polar surface area (TPSA) is 79.9 Å². The summed E-state index contributed by atoms with van der Waals surface area (Å²) >= 11 is 4.74. The summed E-state index contributed by atoms with van der Waals surface area (Å²) in [6.07, 6.45) is 0. The number of methoxy groups -OCH3 is 1. The van der Waals surface area contributed by atoms with Crippen LogP contribution in [0, 0.1) is 13.8 Å². The van der Waals surface area contributed by atoms with Gasteiger partial charge in [-0.25, -0.2) is 0 Å². The molecule has 0 aliphatic carbocycles. The second kappa shape index (κ2) is 5.07. The molecule has 6 nitrogen and oxygen atoms in total. The Balaban J connectivity index is 2.26. The monoisotopic (exact) mass is 330 g/mol. The van der Waals surface area contributed by atoms with E-state index in [1.807, 2.05) is 6.92 Å². The Kier molecular flexibility index (Phi) is 3.67. The summed E-state index contributed by atoms with van der Waals surface area (Å²) in [6.45, 7) is 3.67. The third kappa shape index (κ3) is 2.39. The first-order chi connectivity index (χ1) is 8.52. The van der Waals surface area contributed by atoms with E-state index in [-0.39, 0.29) is 11.9 Å². The molecule has 2 heterocycles. The SMILES string of the molecule is COc1c(C(=O)Nc2n[nH]c(C)n2)sc(C)c1Br. The van der Waals surface area contributed by atoms with E-state index < -0.39 is 0 Å². The summed E-state index contributed by atoms with van der Waals surface area (Å²) in [5, 5.41) is 9.12. The number of aryl methyl sites for hydroxylation is 2. The first-order valence-corrected chi connectivity index (χ1v) is 6.67. The molecule has 0 saturated carbocycles. The molecule has 2 N–H and O–H groups in total. The number of carbonyl (C=O) groups excluding carboxylic acids is 1. The molecule has 0 aliphatic heterocycles. The van der Waals surface area contributed by atoms with Crippen molar-refractivity contribution in [1.82, 2.24) is 15.2 Å². The van der Waals surface area contributed by atoms with Gasteiger partial charge in [0.05, 0.1) is 11.6 Å². The van der Waals surface area contributed by atoms with E-state index in [0.717, 1.165) is 9.35 Å². The van der Waals surface area contributed by atoms with E-state index in [1.165, 1.54) is 18.4 Å². The number of ether oxygens (including phenoxy) is 1. The fourth-order valence-electron chi connectivity index (χ4n) is 1.39. The molecule has 0 spiro atoms. The van der Waals surface area contributed by atoms with Crippen molar-refractivity contribution < 1.29 is 9.53 Å². The van der Waals surface area contributed by atoms with Crippen molar-refractivity contribution in [1.29, 1.82) is 0 Å². The summed E-state index contributed by atoms with van der Waals surface area (Å²) < 4.78 is 6.01. The number of anilines is 1. The number of H-pyrrole nitrogens is 1. The smallest absolute Gasteiger partial charge is 0.272 e. The molecule has 0 unspecified atom stereocenters. The number of hydrogen-bond donors (Lipinski definition) is 2. The van der Waals surface area contributed by atoms with E-state index in [1.54, 1.807) is 6.92 Å². The van der Waals surface area contributed by atoms with E-state index in [9.17, 15) is 4.79 Å². The zero-order valence-electron chi connectivity index (χ0n) is 10.00. The van der Waals surface area contributed by atoms with E-state index in [4.69, 9.17) is 4.74 Å². The highest BCUT2D eigenvalue weighted by atomic mass is 79.9. The number of rotatable bonds is 3. The van der Waals surface area contributed by atoms with Crippen LogP contribution in [0.25, 0.3) is 0 Å². The molecular formula is C10H11BrN4O2S. The third-order valence-electron chi connectivity index (χ3n) is 2.20. The number of amides is 1. The van der Waals surface area contributed by atoms with Gasteiger partial charge < -0.3 is 4.74 Å². The minimum atomic E-state index is -0.287. The van der Waals surface area contributed by atoms with E-state index in [2.05, 4.69) is 36.4 Å². The van der Waals surface area contributed by atoms with Crippen LogP contribution >= 0.6 is 27.3 Å². The van der Waals surface area contributed by atoms with Crippen LogP contribution in [0.2, 0.25) is 0 Å². The van der Waals surface area contributed by atoms with Crippen LogP contribution in [0.3, 0.4) is 0 Å². The minimum Gasteiger partial charge on any atom is -0.494 e. The van der Waals surface area contributed by atoms with Gasteiger partial charge in [0.1, 0.15) is 10.7 Å². The number of nitrogens with one attached hydrogen (secondary N) is 2. The Bertz CT molecular complexity index is 593. The summed E-state index contributed by atoms with van der Waals surface area (Å²) in [6, 6.07) is 0. The Morgan fingerprint density at radius 2 is 2.22 bits per heavy atom. The molecule has 96 valence electrons. The lowest BCUT2D eigenvalue weighted by Gasteiger charge is -2.02. The third-order valence-corrected chi connectivity index (χ3v) is 4.51. The van der Waals surface area contributed by atoms with Crippen LogP contribution in [-0.4, -0.2) is 28.2 Å². The molecule has 0 aromatic carbocycles. The Hall–Kier alpha value is -1.41. The van der Waals surface area contributed by atoms with Gasteiger partial charge >= 0.3 is 0 Å². The molecule has 0 atom stereocenters. The minimum absolute atomic E-state index is 0.252. The number of aromatic nitrogens is 3. The maximum Gasteiger partial charge on any atom is 0.272 e. The fourth-order valence-corrected chi connectivity index (χ4v) is 3.04. The molecule has 0 radical (unpaired) electrons. The molecular weight excluding hydrogens is 320 g/mol. The zero-order chi connectivity index (χ0) is 13.3.